The highest BCUT2D eigenvalue weighted by Gasteiger charge is 2.18. The van der Waals surface area contributed by atoms with Gasteiger partial charge < -0.3 is 14.8 Å². The zero-order valence-electron chi connectivity index (χ0n) is 10.1. The van der Waals surface area contributed by atoms with Crippen LogP contribution in [0.25, 0.3) is 0 Å². The van der Waals surface area contributed by atoms with Crippen molar-refractivity contribution in [3.05, 3.63) is 23.8 Å². The summed E-state index contributed by atoms with van der Waals surface area (Å²) in [7, 11) is 0. The lowest BCUT2D eigenvalue weighted by molar-refractivity contribution is 0.173. The second-order valence-electron chi connectivity index (χ2n) is 4.93. The highest BCUT2D eigenvalue weighted by molar-refractivity contribution is 5.48. The van der Waals surface area contributed by atoms with Crippen LogP contribution in [0.5, 0.6) is 11.5 Å². The maximum absolute atomic E-state index is 5.49. The van der Waals surface area contributed by atoms with Gasteiger partial charge in [-0.1, -0.05) is 25.0 Å². The molecule has 92 valence electrons. The lowest BCUT2D eigenvalue weighted by atomic mass is 10.1. The van der Waals surface area contributed by atoms with Gasteiger partial charge in [-0.25, -0.2) is 0 Å². The molecule has 1 aliphatic carbocycles. The summed E-state index contributed by atoms with van der Waals surface area (Å²) in [6.07, 6.45) is 5.59. The van der Waals surface area contributed by atoms with Crippen molar-refractivity contribution in [2.45, 2.75) is 32.2 Å². The summed E-state index contributed by atoms with van der Waals surface area (Å²) in [4.78, 5) is 0. The number of nitrogens with one attached hydrogen (secondary N) is 1. The third kappa shape index (κ3) is 2.39. The Hall–Kier alpha value is -1.22. The SMILES string of the molecule is c1cc(CNCC2CCCC2)c2c(c1)OCO2. The molecule has 0 spiro atoms. The number of rotatable bonds is 4. The van der Waals surface area contributed by atoms with Gasteiger partial charge in [0.05, 0.1) is 0 Å². The fourth-order valence-electron chi connectivity index (χ4n) is 2.76. The van der Waals surface area contributed by atoms with Gasteiger partial charge in [-0.3, -0.25) is 0 Å². The molecule has 0 bridgehead atoms. The number of para-hydroxylation sites is 1. The van der Waals surface area contributed by atoms with E-state index in [4.69, 9.17) is 9.47 Å². The molecular formula is C14H19NO2. The Bertz CT molecular complexity index is 386. The van der Waals surface area contributed by atoms with Crippen LogP contribution in [0.1, 0.15) is 31.2 Å². The Labute approximate surface area is 102 Å². The molecule has 17 heavy (non-hydrogen) atoms. The maximum Gasteiger partial charge on any atom is 0.231 e. The summed E-state index contributed by atoms with van der Waals surface area (Å²) in [5, 5.41) is 3.54. The lowest BCUT2D eigenvalue weighted by Crippen LogP contribution is -2.20. The number of benzene rings is 1. The Morgan fingerprint density at radius 2 is 2.06 bits per heavy atom. The highest BCUT2D eigenvalue weighted by Crippen LogP contribution is 2.35. The van der Waals surface area contributed by atoms with Crippen molar-refractivity contribution in [1.29, 1.82) is 0 Å². The fourth-order valence-corrected chi connectivity index (χ4v) is 2.76. The predicted molar refractivity (Wildman–Crippen MR) is 66.2 cm³/mol. The summed E-state index contributed by atoms with van der Waals surface area (Å²) >= 11 is 0. The molecule has 3 nitrogen and oxygen atoms in total. The van der Waals surface area contributed by atoms with Gasteiger partial charge in [0.1, 0.15) is 0 Å². The van der Waals surface area contributed by atoms with E-state index < -0.39 is 0 Å². The highest BCUT2D eigenvalue weighted by atomic mass is 16.7. The van der Waals surface area contributed by atoms with E-state index in [0.717, 1.165) is 30.5 Å². The largest absolute Gasteiger partial charge is 0.454 e. The monoisotopic (exact) mass is 233 g/mol. The Kier molecular flexibility index (Phi) is 3.18. The minimum absolute atomic E-state index is 0.356. The van der Waals surface area contributed by atoms with Crippen LogP contribution >= 0.6 is 0 Å². The average Bonchev–Trinajstić information content (AvgIpc) is 2.99. The van der Waals surface area contributed by atoms with Crippen LogP contribution in [0.2, 0.25) is 0 Å². The molecule has 2 aliphatic rings. The van der Waals surface area contributed by atoms with E-state index in [1.807, 2.05) is 12.1 Å². The molecule has 1 N–H and O–H groups in total. The van der Waals surface area contributed by atoms with Gasteiger partial charge in [0.15, 0.2) is 11.5 Å². The predicted octanol–water partition coefficient (Wildman–Crippen LogP) is 2.70. The molecule has 3 rings (SSSR count). The second-order valence-corrected chi connectivity index (χ2v) is 4.93. The van der Waals surface area contributed by atoms with Crippen LogP contribution in [-0.4, -0.2) is 13.3 Å². The van der Waals surface area contributed by atoms with Crippen molar-refractivity contribution < 1.29 is 9.47 Å². The first kappa shape index (κ1) is 10.9. The molecule has 0 aromatic heterocycles. The number of hydrogen-bond donors (Lipinski definition) is 1. The Morgan fingerprint density at radius 1 is 1.18 bits per heavy atom. The van der Waals surface area contributed by atoms with E-state index in [-0.39, 0.29) is 0 Å². The number of fused-ring (bicyclic) bond motifs is 1. The summed E-state index contributed by atoms with van der Waals surface area (Å²) in [5.41, 5.74) is 1.21. The third-order valence-electron chi connectivity index (χ3n) is 3.70. The number of ether oxygens (including phenoxy) is 2. The molecule has 3 heteroatoms. The summed E-state index contributed by atoms with van der Waals surface area (Å²) in [5.74, 6) is 2.68. The Balaban J connectivity index is 1.56. The van der Waals surface area contributed by atoms with Crippen molar-refractivity contribution in [2.24, 2.45) is 5.92 Å². The maximum atomic E-state index is 5.49. The molecule has 1 fully saturated rings. The molecule has 0 amide bonds. The van der Waals surface area contributed by atoms with Crippen LogP contribution in [0.3, 0.4) is 0 Å². The normalized spacial score (nSPS) is 18.8. The van der Waals surface area contributed by atoms with Crippen LogP contribution in [-0.2, 0) is 6.54 Å². The molecule has 0 atom stereocenters. The zero-order valence-corrected chi connectivity index (χ0v) is 10.1. The van der Waals surface area contributed by atoms with E-state index in [1.54, 1.807) is 0 Å². The molecule has 1 aromatic carbocycles. The van der Waals surface area contributed by atoms with Crippen molar-refractivity contribution >= 4 is 0 Å². The third-order valence-corrected chi connectivity index (χ3v) is 3.70. The van der Waals surface area contributed by atoms with E-state index in [0.29, 0.717) is 6.79 Å². The van der Waals surface area contributed by atoms with Crippen molar-refractivity contribution in [3.8, 4) is 11.5 Å². The first-order chi connectivity index (χ1) is 8.43. The molecule has 1 heterocycles. The van der Waals surface area contributed by atoms with Crippen LogP contribution in [0.4, 0.5) is 0 Å². The van der Waals surface area contributed by atoms with Gasteiger partial charge in [0, 0.05) is 12.1 Å². The lowest BCUT2D eigenvalue weighted by Gasteiger charge is -2.11. The quantitative estimate of drug-likeness (QED) is 0.867. The second kappa shape index (κ2) is 4.96. The van der Waals surface area contributed by atoms with Gasteiger partial charge in [-0.2, -0.15) is 0 Å². The summed E-state index contributed by atoms with van der Waals surface area (Å²) in [6.45, 7) is 2.36. The standard InChI is InChI=1S/C14H19NO2/c1-2-5-11(4-1)8-15-9-12-6-3-7-13-14(12)17-10-16-13/h3,6-7,11,15H,1-2,4-5,8-10H2. The number of hydrogen-bond acceptors (Lipinski definition) is 3. The molecular weight excluding hydrogens is 214 g/mol. The van der Waals surface area contributed by atoms with Crippen LogP contribution in [0, 0.1) is 5.92 Å². The van der Waals surface area contributed by atoms with Gasteiger partial charge >= 0.3 is 0 Å². The van der Waals surface area contributed by atoms with Crippen LogP contribution < -0.4 is 14.8 Å². The minimum atomic E-state index is 0.356. The van der Waals surface area contributed by atoms with Crippen molar-refractivity contribution in [3.63, 3.8) is 0 Å². The van der Waals surface area contributed by atoms with Crippen molar-refractivity contribution in [1.82, 2.24) is 5.32 Å². The van der Waals surface area contributed by atoms with E-state index in [9.17, 15) is 0 Å². The van der Waals surface area contributed by atoms with Gasteiger partial charge in [0.25, 0.3) is 0 Å². The molecule has 0 radical (unpaired) electrons. The van der Waals surface area contributed by atoms with E-state index >= 15 is 0 Å². The van der Waals surface area contributed by atoms with Crippen LogP contribution in [0.15, 0.2) is 18.2 Å². The fraction of sp³-hybridized carbons (Fsp3) is 0.571. The molecule has 1 saturated carbocycles. The van der Waals surface area contributed by atoms with Gasteiger partial charge in [0.2, 0.25) is 6.79 Å². The first-order valence-corrected chi connectivity index (χ1v) is 6.52. The smallest absolute Gasteiger partial charge is 0.231 e. The summed E-state index contributed by atoms with van der Waals surface area (Å²) < 4.78 is 10.9. The Morgan fingerprint density at radius 3 is 2.94 bits per heavy atom. The minimum Gasteiger partial charge on any atom is -0.454 e. The first-order valence-electron chi connectivity index (χ1n) is 6.52. The van der Waals surface area contributed by atoms with Crippen molar-refractivity contribution in [2.75, 3.05) is 13.3 Å². The average molecular weight is 233 g/mol. The van der Waals surface area contributed by atoms with E-state index in [1.165, 1.54) is 31.2 Å². The zero-order chi connectivity index (χ0) is 11.5. The summed E-state index contributed by atoms with van der Waals surface area (Å²) in [6, 6.07) is 6.10. The molecule has 1 aromatic rings. The van der Waals surface area contributed by atoms with Gasteiger partial charge in [-0.05, 0) is 31.4 Å². The van der Waals surface area contributed by atoms with Gasteiger partial charge in [-0.15, -0.1) is 0 Å². The van der Waals surface area contributed by atoms with E-state index in [2.05, 4.69) is 11.4 Å². The topological polar surface area (TPSA) is 30.5 Å². The molecule has 0 unspecified atom stereocenters. The molecule has 0 saturated heterocycles. The molecule has 1 aliphatic heterocycles.